The van der Waals surface area contributed by atoms with Gasteiger partial charge in [-0.05, 0) is 0 Å². The molecule has 0 saturated heterocycles. The van der Waals surface area contributed by atoms with E-state index in [0.717, 1.165) is 6.42 Å². The normalized spacial score (nSPS) is 7.85. The second-order valence-electron chi connectivity index (χ2n) is 2.57. The second kappa shape index (κ2) is 9.71. The van der Waals surface area contributed by atoms with Gasteiger partial charge in [0.1, 0.15) is 0 Å². The molecule has 0 aliphatic carbocycles. The van der Waals surface area contributed by atoms with E-state index in [9.17, 15) is 0 Å². The van der Waals surface area contributed by atoms with Crippen LogP contribution in [-0.2, 0) is 65.4 Å². The van der Waals surface area contributed by atoms with E-state index in [-0.39, 0.29) is 65.4 Å². The SMILES string of the molecule is C[CH-]c1ccc([CH-]CC)cc1.[Y].[Y]. The minimum Gasteiger partial charge on any atom is -0.220 e. The topological polar surface area (TPSA) is 0 Å². The molecule has 0 aliphatic heterocycles. The molecule has 0 fully saturated rings. The maximum absolute atomic E-state index is 2.22. The van der Waals surface area contributed by atoms with Crippen molar-refractivity contribution >= 4 is 0 Å². The summed E-state index contributed by atoms with van der Waals surface area (Å²) in [6.45, 7) is 4.21. The molecule has 0 aliphatic rings. The van der Waals surface area contributed by atoms with Crippen molar-refractivity contribution in [3.8, 4) is 0 Å². The van der Waals surface area contributed by atoms with E-state index in [2.05, 4.69) is 51.0 Å². The first-order valence-electron chi connectivity index (χ1n) is 4.09. The maximum Gasteiger partial charge on any atom is 0 e. The van der Waals surface area contributed by atoms with Gasteiger partial charge in [-0.25, -0.2) is 35.4 Å². The van der Waals surface area contributed by atoms with E-state index >= 15 is 0 Å². The van der Waals surface area contributed by atoms with Crippen LogP contribution >= 0.6 is 0 Å². The van der Waals surface area contributed by atoms with Crippen LogP contribution in [0.3, 0.4) is 0 Å². The molecular formula is C11H14Y2-2. The molecule has 0 aromatic heterocycles. The average Bonchev–Trinajstić information content (AvgIpc) is 2.07. The monoisotopic (exact) mass is 324 g/mol. The van der Waals surface area contributed by atoms with Crippen LogP contribution in [0.1, 0.15) is 31.4 Å². The zero-order chi connectivity index (χ0) is 8.10. The quantitative estimate of drug-likeness (QED) is 0.749. The van der Waals surface area contributed by atoms with Crippen molar-refractivity contribution in [3.05, 3.63) is 48.2 Å². The smallest absolute Gasteiger partial charge is 0 e. The third-order valence-electron chi connectivity index (χ3n) is 1.71. The summed E-state index contributed by atoms with van der Waals surface area (Å²) in [5.41, 5.74) is 2.61. The summed E-state index contributed by atoms with van der Waals surface area (Å²) in [6.07, 6.45) is 5.43. The van der Waals surface area contributed by atoms with Crippen LogP contribution in [0.25, 0.3) is 0 Å². The van der Waals surface area contributed by atoms with Crippen molar-refractivity contribution in [2.24, 2.45) is 0 Å². The van der Waals surface area contributed by atoms with Gasteiger partial charge >= 0.3 is 0 Å². The van der Waals surface area contributed by atoms with Crippen molar-refractivity contribution in [2.45, 2.75) is 20.3 Å². The van der Waals surface area contributed by atoms with Gasteiger partial charge < -0.3 is 0 Å². The molecule has 0 bridgehead atoms. The Morgan fingerprint density at radius 1 is 1.00 bits per heavy atom. The molecule has 0 saturated carbocycles. The number of hydrogen-bond acceptors (Lipinski definition) is 0. The Kier molecular flexibility index (Phi) is 12.4. The molecular weight excluding hydrogens is 310 g/mol. The van der Waals surface area contributed by atoms with E-state index in [1.807, 2.05) is 0 Å². The third kappa shape index (κ3) is 6.28. The molecule has 0 heterocycles. The predicted octanol–water partition coefficient (Wildman–Crippen LogP) is 3.22. The van der Waals surface area contributed by atoms with Crippen LogP contribution < -0.4 is 0 Å². The Labute approximate surface area is 132 Å². The van der Waals surface area contributed by atoms with Gasteiger partial charge in [0.25, 0.3) is 0 Å². The Bertz CT molecular complexity index is 204. The molecule has 2 radical (unpaired) electrons. The van der Waals surface area contributed by atoms with Gasteiger partial charge in [0.05, 0.1) is 0 Å². The fourth-order valence-corrected chi connectivity index (χ4v) is 1.06. The first-order valence-corrected chi connectivity index (χ1v) is 4.09. The molecule has 0 spiro atoms. The van der Waals surface area contributed by atoms with Crippen LogP contribution in [0, 0.1) is 12.8 Å². The van der Waals surface area contributed by atoms with Crippen molar-refractivity contribution in [1.82, 2.24) is 0 Å². The first kappa shape index (κ1) is 16.6. The molecule has 0 nitrogen and oxygen atoms in total. The number of rotatable bonds is 3. The molecule has 0 N–H and O–H groups in total. The summed E-state index contributed by atoms with van der Waals surface area (Å²) in [5, 5.41) is 0. The van der Waals surface area contributed by atoms with Crippen LogP contribution in [0.4, 0.5) is 0 Å². The second-order valence-corrected chi connectivity index (χ2v) is 2.57. The average molecular weight is 324 g/mol. The van der Waals surface area contributed by atoms with Crippen LogP contribution in [0.2, 0.25) is 0 Å². The van der Waals surface area contributed by atoms with E-state index in [1.54, 1.807) is 0 Å². The molecule has 0 amide bonds. The van der Waals surface area contributed by atoms with Gasteiger partial charge in [-0.2, -0.15) is 12.8 Å². The van der Waals surface area contributed by atoms with Gasteiger partial charge in [0.2, 0.25) is 0 Å². The molecule has 0 unspecified atom stereocenters. The first-order chi connectivity index (χ1) is 5.36. The predicted molar refractivity (Wildman–Crippen MR) is 49.2 cm³/mol. The van der Waals surface area contributed by atoms with Crippen molar-refractivity contribution in [1.29, 1.82) is 0 Å². The number of hydrogen-bond donors (Lipinski definition) is 0. The molecule has 1 rings (SSSR count). The third-order valence-corrected chi connectivity index (χ3v) is 1.71. The maximum atomic E-state index is 2.22. The summed E-state index contributed by atoms with van der Waals surface area (Å²) < 4.78 is 0. The van der Waals surface area contributed by atoms with Crippen LogP contribution in [0.15, 0.2) is 24.3 Å². The van der Waals surface area contributed by atoms with Gasteiger partial charge in [0, 0.05) is 65.4 Å². The molecule has 0 atom stereocenters. The standard InChI is InChI=1S/C11H14.2Y/c1-3-5-11-8-6-10(4-2)7-9-11;;/h4-9H,3H2,1-2H3;;/q-2;;. The Morgan fingerprint density at radius 3 is 1.85 bits per heavy atom. The Morgan fingerprint density at radius 2 is 1.46 bits per heavy atom. The van der Waals surface area contributed by atoms with Crippen LogP contribution in [0.5, 0.6) is 0 Å². The summed E-state index contributed by atoms with van der Waals surface area (Å²) in [7, 11) is 0. The summed E-state index contributed by atoms with van der Waals surface area (Å²) in [4.78, 5) is 0. The molecule has 2 heteroatoms. The van der Waals surface area contributed by atoms with Gasteiger partial charge in [-0.15, -0.1) is 0 Å². The van der Waals surface area contributed by atoms with Gasteiger partial charge in [0.15, 0.2) is 0 Å². The van der Waals surface area contributed by atoms with E-state index in [0.29, 0.717) is 0 Å². The zero-order valence-corrected chi connectivity index (χ0v) is 14.0. The molecule has 1 aromatic rings. The summed E-state index contributed by atoms with van der Waals surface area (Å²) in [6, 6.07) is 8.58. The Balaban J connectivity index is 0. The Hall–Kier alpha value is 1.17. The van der Waals surface area contributed by atoms with E-state index in [4.69, 9.17) is 0 Å². The molecule has 13 heavy (non-hydrogen) atoms. The minimum atomic E-state index is 0. The van der Waals surface area contributed by atoms with Crippen molar-refractivity contribution < 1.29 is 65.4 Å². The van der Waals surface area contributed by atoms with Gasteiger partial charge in [-0.3, -0.25) is 0 Å². The minimum absolute atomic E-state index is 0. The van der Waals surface area contributed by atoms with E-state index < -0.39 is 0 Å². The van der Waals surface area contributed by atoms with Crippen LogP contribution in [-0.4, -0.2) is 0 Å². The van der Waals surface area contributed by atoms with Gasteiger partial charge in [-0.1, -0.05) is 20.3 Å². The van der Waals surface area contributed by atoms with E-state index in [1.165, 1.54) is 11.1 Å². The summed E-state index contributed by atoms with van der Waals surface area (Å²) >= 11 is 0. The summed E-state index contributed by atoms with van der Waals surface area (Å²) in [5.74, 6) is 0. The largest absolute Gasteiger partial charge is 0.220 e. The number of benzene rings is 1. The zero-order valence-electron chi connectivity index (χ0n) is 8.33. The molecule has 66 valence electrons. The van der Waals surface area contributed by atoms with Crippen molar-refractivity contribution in [2.75, 3.05) is 0 Å². The van der Waals surface area contributed by atoms with Crippen molar-refractivity contribution in [3.63, 3.8) is 0 Å². The fourth-order valence-electron chi connectivity index (χ4n) is 1.06. The fraction of sp³-hybridized carbons (Fsp3) is 0.273. The molecule has 1 aromatic carbocycles.